The monoisotopic (exact) mass is 439 g/mol. The summed E-state index contributed by atoms with van der Waals surface area (Å²) in [5, 5.41) is 1.18. The third-order valence-corrected chi connectivity index (χ3v) is 5.52. The van der Waals surface area contributed by atoms with Crippen LogP contribution in [0.1, 0.15) is 38.3 Å². The lowest BCUT2D eigenvalue weighted by Gasteiger charge is -2.07. The molecule has 2 aromatic heterocycles. The number of nitrogens with two attached hydrogens (primary N) is 1. The van der Waals surface area contributed by atoms with Crippen molar-refractivity contribution in [3.63, 3.8) is 0 Å². The molecule has 0 aliphatic heterocycles. The number of rotatable bonds is 5. The summed E-state index contributed by atoms with van der Waals surface area (Å²) in [7, 11) is 0. The van der Waals surface area contributed by atoms with Gasteiger partial charge in [0, 0.05) is 5.02 Å². The molecule has 2 N–H and O–H groups in total. The van der Waals surface area contributed by atoms with Crippen LogP contribution >= 0.6 is 34.5 Å². The van der Waals surface area contributed by atoms with Crippen molar-refractivity contribution in [1.82, 2.24) is 9.97 Å². The SMILES string of the molecule is CCOC(=O)c1sc2nc(COC(=O)c3ccc(Cl)cc3Cl)nc(N)c2c1C. The number of carbonyl (C=O) groups is 2. The summed E-state index contributed by atoms with van der Waals surface area (Å²) in [4.78, 5) is 33.7. The molecule has 0 saturated carbocycles. The maximum absolute atomic E-state index is 12.2. The van der Waals surface area contributed by atoms with Gasteiger partial charge in [0.2, 0.25) is 0 Å². The van der Waals surface area contributed by atoms with E-state index in [0.717, 1.165) is 11.3 Å². The molecule has 0 saturated heterocycles. The number of anilines is 1. The van der Waals surface area contributed by atoms with Crippen LogP contribution in [0.4, 0.5) is 5.82 Å². The summed E-state index contributed by atoms with van der Waals surface area (Å²) in [6.07, 6.45) is 0. The van der Waals surface area contributed by atoms with E-state index in [0.29, 0.717) is 25.7 Å². The van der Waals surface area contributed by atoms with Crippen molar-refractivity contribution in [2.24, 2.45) is 0 Å². The molecule has 146 valence electrons. The molecule has 0 aliphatic carbocycles. The van der Waals surface area contributed by atoms with Crippen LogP contribution in [-0.2, 0) is 16.1 Å². The van der Waals surface area contributed by atoms with E-state index in [4.69, 9.17) is 38.4 Å². The summed E-state index contributed by atoms with van der Waals surface area (Å²) in [5.41, 5.74) is 6.87. The Labute approximate surface area is 174 Å². The van der Waals surface area contributed by atoms with Crippen molar-refractivity contribution in [1.29, 1.82) is 0 Å². The molecule has 0 amide bonds. The Hall–Kier alpha value is -2.42. The van der Waals surface area contributed by atoms with E-state index in [1.165, 1.54) is 18.2 Å². The van der Waals surface area contributed by atoms with E-state index in [2.05, 4.69) is 9.97 Å². The van der Waals surface area contributed by atoms with Crippen LogP contribution in [0.2, 0.25) is 10.0 Å². The zero-order valence-corrected chi connectivity index (χ0v) is 17.2. The van der Waals surface area contributed by atoms with Gasteiger partial charge in [-0.3, -0.25) is 0 Å². The molecule has 28 heavy (non-hydrogen) atoms. The number of fused-ring (bicyclic) bond motifs is 1. The summed E-state index contributed by atoms with van der Waals surface area (Å²) in [6.45, 7) is 3.55. The first-order valence-corrected chi connectivity index (χ1v) is 9.73. The standard InChI is InChI=1S/C18H15Cl2N3O4S/c1-3-26-18(25)14-8(2)13-15(21)22-12(23-16(13)28-14)7-27-17(24)10-5-4-9(19)6-11(10)20/h4-6H,3,7H2,1-2H3,(H2,21,22,23). The topological polar surface area (TPSA) is 104 Å². The Morgan fingerprint density at radius 3 is 2.61 bits per heavy atom. The van der Waals surface area contributed by atoms with Crippen LogP contribution in [0.5, 0.6) is 0 Å². The van der Waals surface area contributed by atoms with Crippen molar-refractivity contribution < 1.29 is 19.1 Å². The van der Waals surface area contributed by atoms with Gasteiger partial charge in [0.25, 0.3) is 0 Å². The molecule has 0 aliphatic rings. The van der Waals surface area contributed by atoms with E-state index < -0.39 is 11.9 Å². The number of aromatic nitrogens is 2. The molecule has 2 heterocycles. The highest BCUT2D eigenvalue weighted by Gasteiger charge is 2.21. The summed E-state index contributed by atoms with van der Waals surface area (Å²) in [6, 6.07) is 4.46. The molecule has 3 aromatic rings. The highest BCUT2D eigenvalue weighted by Crippen LogP contribution is 2.33. The van der Waals surface area contributed by atoms with Crippen molar-refractivity contribution >= 4 is 62.5 Å². The van der Waals surface area contributed by atoms with Gasteiger partial charge in [-0.25, -0.2) is 19.6 Å². The van der Waals surface area contributed by atoms with E-state index in [1.54, 1.807) is 13.8 Å². The molecule has 0 bridgehead atoms. The lowest BCUT2D eigenvalue weighted by molar-refractivity contribution is 0.0462. The lowest BCUT2D eigenvalue weighted by Crippen LogP contribution is -2.09. The van der Waals surface area contributed by atoms with E-state index in [-0.39, 0.29) is 35.4 Å². The van der Waals surface area contributed by atoms with Gasteiger partial charge in [-0.1, -0.05) is 23.2 Å². The highest BCUT2D eigenvalue weighted by atomic mass is 35.5. The zero-order valence-electron chi connectivity index (χ0n) is 14.9. The molecule has 0 atom stereocenters. The number of hydrogen-bond donors (Lipinski definition) is 1. The van der Waals surface area contributed by atoms with Crippen LogP contribution in [-0.4, -0.2) is 28.5 Å². The maximum atomic E-state index is 12.2. The number of halogens is 2. The fraction of sp³-hybridized carbons (Fsp3) is 0.222. The van der Waals surface area contributed by atoms with Crippen molar-refractivity contribution in [3.8, 4) is 0 Å². The van der Waals surface area contributed by atoms with E-state index in [1.807, 2.05) is 0 Å². The van der Waals surface area contributed by atoms with Gasteiger partial charge in [0.1, 0.15) is 15.5 Å². The molecule has 10 heteroatoms. The van der Waals surface area contributed by atoms with E-state index in [9.17, 15) is 9.59 Å². The van der Waals surface area contributed by atoms with Gasteiger partial charge in [0.05, 0.1) is 22.6 Å². The van der Waals surface area contributed by atoms with Crippen molar-refractivity contribution in [2.45, 2.75) is 20.5 Å². The normalized spacial score (nSPS) is 10.9. The minimum atomic E-state index is -0.640. The second-order valence-electron chi connectivity index (χ2n) is 5.68. The average Bonchev–Trinajstić information content (AvgIpc) is 2.97. The lowest BCUT2D eigenvalue weighted by atomic mass is 10.2. The number of thiophene rings is 1. The maximum Gasteiger partial charge on any atom is 0.348 e. The smallest absolute Gasteiger partial charge is 0.348 e. The molecule has 1 aromatic carbocycles. The molecule has 0 spiro atoms. The number of nitrogen functional groups attached to an aromatic ring is 1. The van der Waals surface area contributed by atoms with Gasteiger partial charge in [0.15, 0.2) is 12.4 Å². The van der Waals surface area contributed by atoms with Crippen LogP contribution in [0, 0.1) is 6.92 Å². The number of aryl methyl sites for hydroxylation is 1. The van der Waals surface area contributed by atoms with Crippen LogP contribution in [0.25, 0.3) is 10.2 Å². The fourth-order valence-electron chi connectivity index (χ4n) is 2.53. The number of carbonyl (C=O) groups excluding carboxylic acids is 2. The molecular weight excluding hydrogens is 425 g/mol. The van der Waals surface area contributed by atoms with Gasteiger partial charge in [-0.2, -0.15) is 0 Å². The van der Waals surface area contributed by atoms with Gasteiger partial charge >= 0.3 is 11.9 Å². The van der Waals surface area contributed by atoms with E-state index >= 15 is 0 Å². The second kappa shape index (κ2) is 8.30. The van der Waals surface area contributed by atoms with Gasteiger partial charge in [-0.05, 0) is 37.6 Å². The third kappa shape index (κ3) is 4.04. The predicted octanol–water partition coefficient (Wildman–Crippen LogP) is 4.42. The molecule has 3 rings (SSSR count). The largest absolute Gasteiger partial charge is 0.462 e. The third-order valence-electron chi connectivity index (χ3n) is 3.81. The molecule has 0 radical (unpaired) electrons. The Morgan fingerprint density at radius 1 is 1.18 bits per heavy atom. The fourth-order valence-corrected chi connectivity index (χ4v) is 4.12. The van der Waals surface area contributed by atoms with Crippen molar-refractivity contribution in [2.75, 3.05) is 12.3 Å². The first-order valence-electron chi connectivity index (χ1n) is 8.16. The summed E-state index contributed by atoms with van der Waals surface area (Å²) < 4.78 is 10.3. The van der Waals surface area contributed by atoms with Crippen LogP contribution in [0.3, 0.4) is 0 Å². The quantitative estimate of drug-likeness (QED) is 0.586. The predicted molar refractivity (Wildman–Crippen MR) is 108 cm³/mol. The van der Waals surface area contributed by atoms with Crippen LogP contribution < -0.4 is 5.73 Å². The number of esters is 2. The number of ether oxygens (including phenoxy) is 2. The Kier molecular flexibility index (Phi) is 6.02. The molecule has 7 nitrogen and oxygen atoms in total. The number of hydrogen-bond acceptors (Lipinski definition) is 8. The molecule has 0 fully saturated rings. The first kappa shape index (κ1) is 20.3. The Balaban J connectivity index is 1.84. The highest BCUT2D eigenvalue weighted by molar-refractivity contribution is 7.20. The Morgan fingerprint density at radius 2 is 1.93 bits per heavy atom. The van der Waals surface area contributed by atoms with Crippen LogP contribution in [0.15, 0.2) is 18.2 Å². The molecular formula is C18H15Cl2N3O4S. The Bertz CT molecular complexity index is 1080. The second-order valence-corrected chi connectivity index (χ2v) is 7.52. The summed E-state index contributed by atoms with van der Waals surface area (Å²) in [5.74, 6) is -0.670. The average molecular weight is 440 g/mol. The minimum absolute atomic E-state index is 0.177. The first-order chi connectivity index (χ1) is 13.3. The number of nitrogens with zero attached hydrogens (tertiary/aromatic N) is 2. The number of benzene rings is 1. The minimum Gasteiger partial charge on any atom is -0.462 e. The zero-order chi connectivity index (χ0) is 20.4. The molecule has 0 unspecified atom stereocenters. The van der Waals surface area contributed by atoms with Gasteiger partial charge < -0.3 is 15.2 Å². The summed E-state index contributed by atoms with van der Waals surface area (Å²) >= 11 is 13.0. The van der Waals surface area contributed by atoms with Gasteiger partial charge in [-0.15, -0.1) is 11.3 Å². The van der Waals surface area contributed by atoms with Crippen molar-refractivity contribution in [3.05, 3.63) is 50.1 Å².